The van der Waals surface area contributed by atoms with Crippen LogP contribution < -0.4 is 5.73 Å². The molecule has 1 fully saturated rings. The Morgan fingerprint density at radius 1 is 1.50 bits per heavy atom. The van der Waals surface area contributed by atoms with Crippen molar-refractivity contribution in [2.24, 2.45) is 0 Å². The molecular formula is C13H17FN2O2. The van der Waals surface area contributed by atoms with Crippen molar-refractivity contribution >= 4 is 11.6 Å². The zero-order chi connectivity index (χ0) is 13.3. The lowest BCUT2D eigenvalue weighted by Crippen LogP contribution is -2.50. The highest BCUT2D eigenvalue weighted by atomic mass is 19.1. The van der Waals surface area contributed by atoms with Gasteiger partial charge in [-0.15, -0.1) is 0 Å². The third-order valence-electron chi connectivity index (χ3n) is 3.11. The van der Waals surface area contributed by atoms with Gasteiger partial charge in [-0.25, -0.2) is 4.39 Å². The highest BCUT2D eigenvalue weighted by Gasteiger charge is 2.28. The third kappa shape index (κ3) is 2.46. The largest absolute Gasteiger partial charge is 0.396 e. The second-order valence-corrected chi connectivity index (χ2v) is 4.69. The van der Waals surface area contributed by atoms with E-state index in [4.69, 9.17) is 10.5 Å². The topological polar surface area (TPSA) is 55.6 Å². The van der Waals surface area contributed by atoms with Gasteiger partial charge in [-0.2, -0.15) is 0 Å². The lowest BCUT2D eigenvalue weighted by molar-refractivity contribution is -0.0387. The van der Waals surface area contributed by atoms with E-state index in [9.17, 15) is 9.18 Å². The Morgan fingerprint density at radius 3 is 2.89 bits per heavy atom. The van der Waals surface area contributed by atoms with Crippen LogP contribution in [0.25, 0.3) is 0 Å². The minimum atomic E-state index is -0.505. The summed E-state index contributed by atoms with van der Waals surface area (Å²) in [4.78, 5) is 14.0. The first-order chi connectivity index (χ1) is 8.49. The van der Waals surface area contributed by atoms with Gasteiger partial charge in [0.1, 0.15) is 5.82 Å². The first kappa shape index (κ1) is 12.8. The fourth-order valence-corrected chi connectivity index (χ4v) is 2.03. The summed E-state index contributed by atoms with van der Waals surface area (Å²) < 4.78 is 18.5. The van der Waals surface area contributed by atoms with Crippen molar-refractivity contribution < 1.29 is 13.9 Å². The number of hydrogen-bond acceptors (Lipinski definition) is 3. The maximum atomic E-state index is 13.1. The molecule has 1 aliphatic heterocycles. The van der Waals surface area contributed by atoms with Gasteiger partial charge in [-0.05, 0) is 32.0 Å². The monoisotopic (exact) mass is 252 g/mol. The average Bonchev–Trinajstić information content (AvgIpc) is 2.35. The molecule has 1 aliphatic rings. The van der Waals surface area contributed by atoms with Crippen LogP contribution in [0.1, 0.15) is 24.2 Å². The van der Waals surface area contributed by atoms with E-state index in [1.54, 1.807) is 4.90 Å². The number of nitrogen functional groups attached to an aromatic ring is 1. The van der Waals surface area contributed by atoms with E-state index in [2.05, 4.69) is 0 Å². The molecule has 2 N–H and O–H groups in total. The number of nitrogens with zero attached hydrogens (tertiary/aromatic N) is 1. The van der Waals surface area contributed by atoms with Gasteiger partial charge in [0.25, 0.3) is 5.91 Å². The number of hydrogen-bond donors (Lipinski definition) is 1. The van der Waals surface area contributed by atoms with Crippen LogP contribution in [0.3, 0.4) is 0 Å². The zero-order valence-corrected chi connectivity index (χ0v) is 10.5. The summed E-state index contributed by atoms with van der Waals surface area (Å²) in [6.07, 6.45) is 0.0166. The molecule has 0 saturated carbocycles. The molecule has 0 spiro atoms. The minimum absolute atomic E-state index is 0.00480. The van der Waals surface area contributed by atoms with Gasteiger partial charge in [0, 0.05) is 12.1 Å². The van der Waals surface area contributed by atoms with Gasteiger partial charge in [0.15, 0.2) is 0 Å². The van der Waals surface area contributed by atoms with Crippen molar-refractivity contribution in [2.45, 2.75) is 26.0 Å². The summed E-state index contributed by atoms with van der Waals surface area (Å²) in [5.74, 6) is -0.640. The van der Waals surface area contributed by atoms with Crippen molar-refractivity contribution in [1.82, 2.24) is 4.90 Å². The number of halogens is 1. The van der Waals surface area contributed by atoms with E-state index >= 15 is 0 Å². The van der Waals surface area contributed by atoms with Crippen LogP contribution in [0.15, 0.2) is 18.2 Å². The van der Waals surface area contributed by atoms with Crippen LogP contribution in [0.5, 0.6) is 0 Å². The molecule has 1 saturated heterocycles. The lowest BCUT2D eigenvalue weighted by atomic mass is 10.1. The summed E-state index contributed by atoms with van der Waals surface area (Å²) in [5.41, 5.74) is 5.89. The van der Waals surface area contributed by atoms with Gasteiger partial charge in [0.05, 0.1) is 24.4 Å². The molecule has 4 nitrogen and oxygen atoms in total. The summed E-state index contributed by atoms with van der Waals surface area (Å²) in [7, 11) is 0. The fourth-order valence-electron chi connectivity index (χ4n) is 2.03. The summed E-state index contributed by atoms with van der Waals surface area (Å²) >= 11 is 0. The Bertz CT molecular complexity index is 464. The van der Waals surface area contributed by atoms with E-state index < -0.39 is 5.82 Å². The average molecular weight is 252 g/mol. The smallest absolute Gasteiger partial charge is 0.254 e. The number of ether oxygens (including phenoxy) is 1. The standard InChI is InChI=1S/C13H17FN2O2/c1-8-7-18-9(2)6-16(8)13(17)10-3-4-11(14)12(15)5-10/h3-5,8-9H,6-7,15H2,1-2H3. The zero-order valence-electron chi connectivity index (χ0n) is 10.5. The SMILES string of the molecule is CC1CN(C(=O)c2ccc(F)c(N)c2)C(C)CO1. The van der Waals surface area contributed by atoms with Gasteiger partial charge >= 0.3 is 0 Å². The molecule has 1 amide bonds. The maximum Gasteiger partial charge on any atom is 0.254 e. The van der Waals surface area contributed by atoms with Crippen molar-refractivity contribution in [3.63, 3.8) is 0 Å². The lowest BCUT2D eigenvalue weighted by Gasteiger charge is -2.36. The van der Waals surface area contributed by atoms with E-state index in [0.717, 1.165) is 0 Å². The van der Waals surface area contributed by atoms with Gasteiger partial charge in [-0.1, -0.05) is 0 Å². The second kappa shape index (κ2) is 4.94. The van der Waals surface area contributed by atoms with Crippen molar-refractivity contribution in [3.8, 4) is 0 Å². The van der Waals surface area contributed by atoms with E-state index in [1.807, 2.05) is 13.8 Å². The maximum absolute atomic E-state index is 13.1. The minimum Gasteiger partial charge on any atom is -0.396 e. The Balaban J connectivity index is 2.21. The van der Waals surface area contributed by atoms with Gasteiger partial charge in [0.2, 0.25) is 0 Å². The number of nitrogens with two attached hydrogens (primary N) is 1. The van der Waals surface area contributed by atoms with E-state index in [0.29, 0.717) is 18.7 Å². The highest BCUT2D eigenvalue weighted by Crippen LogP contribution is 2.18. The number of morpholine rings is 1. The molecule has 18 heavy (non-hydrogen) atoms. The molecule has 2 atom stereocenters. The normalized spacial score (nSPS) is 24.1. The second-order valence-electron chi connectivity index (χ2n) is 4.69. The number of carbonyl (C=O) groups excluding carboxylic acids is 1. The summed E-state index contributed by atoms with van der Waals surface area (Å²) in [6.45, 7) is 4.91. The van der Waals surface area contributed by atoms with Crippen molar-refractivity contribution in [2.75, 3.05) is 18.9 Å². The van der Waals surface area contributed by atoms with Crippen LogP contribution in [0, 0.1) is 5.82 Å². The number of carbonyl (C=O) groups is 1. The first-order valence-corrected chi connectivity index (χ1v) is 5.96. The molecule has 0 aromatic heterocycles. The number of rotatable bonds is 1. The van der Waals surface area contributed by atoms with Crippen LogP contribution in [0.4, 0.5) is 10.1 Å². The Labute approximate surface area is 106 Å². The van der Waals surface area contributed by atoms with Gasteiger partial charge < -0.3 is 15.4 Å². The first-order valence-electron chi connectivity index (χ1n) is 5.96. The summed E-state index contributed by atoms with van der Waals surface area (Å²) in [5, 5.41) is 0. The van der Waals surface area contributed by atoms with Crippen molar-refractivity contribution in [1.29, 1.82) is 0 Å². The highest BCUT2D eigenvalue weighted by molar-refractivity contribution is 5.95. The molecule has 1 heterocycles. The van der Waals surface area contributed by atoms with Gasteiger partial charge in [-0.3, -0.25) is 4.79 Å². The number of amides is 1. The molecular weight excluding hydrogens is 235 g/mol. The Kier molecular flexibility index (Phi) is 3.52. The molecule has 2 rings (SSSR count). The fraction of sp³-hybridized carbons (Fsp3) is 0.462. The van der Waals surface area contributed by atoms with Crippen LogP contribution >= 0.6 is 0 Å². The number of anilines is 1. The van der Waals surface area contributed by atoms with E-state index in [1.165, 1.54) is 18.2 Å². The molecule has 98 valence electrons. The third-order valence-corrected chi connectivity index (χ3v) is 3.11. The molecule has 2 unspecified atom stereocenters. The quantitative estimate of drug-likeness (QED) is 0.773. The Hall–Kier alpha value is -1.62. The molecule has 0 bridgehead atoms. The predicted molar refractivity (Wildman–Crippen MR) is 66.7 cm³/mol. The molecule has 1 aromatic rings. The van der Waals surface area contributed by atoms with E-state index in [-0.39, 0.29) is 23.7 Å². The van der Waals surface area contributed by atoms with Crippen LogP contribution in [-0.4, -0.2) is 36.1 Å². The molecule has 0 radical (unpaired) electrons. The van der Waals surface area contributed by atoms with Crippen molar-refractivity contribution in [3.05, 3.63) is 29.6 Å². The molecule has 1 aromatic carbocycles. The molecule has 5 heteroatoms. The summed E-state index contributed by atoms with van der Waals surface area (Å²) in [6, 6.07) is 4.07. The van der Waals surface area contributed by atoms with Crippen LogP contribution in [-0.2, 0) is 4.74 Å². The Morgan fingerprint density at radius 2 is 2.22 bits per heavy atom. The number of benzene rings is 1. The van der Waals surface area contributed by atoms with Crippen LogP contribution in [0.2, 0.25) is 0 Å². The predicted octanol–water partition coefficient (Wildman–Crippen LogP) is 1.66. The molecule has 0 aliphatic carbocycles.